The highest BCUT2D eigenvalue weighted by Crippen LogP contribution is 2.41. The van der Waals surface area contributed by atoms with Crippen molar-refractivity contribution < 1.29 is 0 Å². The molecule has 1 heteroatoms. The minimum absolute atomic E-state index is 0.646. The largest absolute Gasteiger partial charge is 0.193 e. The van der Waals surface area contributed by atoms with E-state index in [4.69, 9.17) is 5.26 Å². The summed E-state index contributed by atoms with van der Waals surface area (Å²) in [5, 5.41) is 8.93. The molecule has 1 atom stereocenters. The predicted molar refractivity (Wildman–Crippen MR) is 80.5 cm³/mol. The summed E-state index contributed by atoms with van der Waals surface area (Å²) >= 11 is 0. The quantitative estimate of drug-likeness (QED) is 0.456. The van der Waals surface area contributed by atoms with E-state index in [9.17, 15) is 0 Å². The molecule has 0 amide bonds. The second-order valence-corrected chi connectivity index (χ2v) is 6.63. The predicted octanol–water partition coefficient (Wildman–Crippen LogP) is 5.40. The molecule has 0 bridgehead atoms. The monoisotopic (exact) mass is 257 g/mol. The Kier molecular flexibility index (Phi) is 5.25. The second kappa shape index (κ2) is 6.94. The van der Waals surface area contributed by atoms with Crippen molar-refractivity contribution in [1.29, 1.82) is 5.26 Å². The third kappa shape index (κ3) is 3.96. The minimum atomic E-state index is 0.646. The Hall–Kier alpha value is -1.03. The van der Waals surface area contributed by atoms with E-state index in [1.54, 1.807) is 6.08 Å². The van der Waals surface area contributed by atoms with Crippen molar-refractivity contribution in [2.45, 2.75) is 64.7 Å². The van der Waals surface area contributed by atoms with E-state index in [1.807, 2.05) is 0 Å². The summed E-state index contributed by atoms with van der Waals surface area (Å²) in [5.74, 6) is 2.38. The van der Waals surface area contributed by atoms with Crippen LogP contribution in [0.5, 0.6) is 0 Å². The SMILES string of the molecule is C=C1CCCC/C(=C\C#N)CC1C1CCC(C)CC1. The third-order valence-corrected chi connectivity index (χ3v) is 5.15. The molecule has 0 radical (unpaired) electrons. The third-order valence-electron chi connectivity index (χ3n) is 5.15. The first kappa shape index (κ1) is 14.4. The highest BCUT2D eigenvalue weighted by Gasteiger charge is 2.29. The van der Waals surface area contributed by atoms with Crippen LogP contribution in [0.25, 0.3) is 0 Å². The van der Waals surface area contributed by atoms with Gasteiger partial charge in [-0.1, -0.05) is 37.5 Å². The molecule has 0 heterocycles. The zero-order chi connectivity index (χ0) is 13.7. The Balaban J connectivity index is 2.07. The maximum atomic E-state index is 8.93. The van der Waals surface area contributed by atoms with E-state index < -0.39 is 0 Å². The Labute approximate surface area is 118 Å². The average Bonchev–Trinajstić information content (AvgIpc) is 2.39. The Morgan fingerprint density at radius 1 is 1.16 bits per heavy atom. The van der Waals surface area contributed by atoms with Gasteiger partial charge >= 0.3 is 0 Å². The van der Waals surface area contributed by atoms with E-state index in [0.717, 1.165) is 24.7 Å². The van der Waals surface area contributed by atoms with Gasteiger partial charge in [0.25, 0.3) is 0 Å². The number of rotatable bonds is 1. The van der Waals surface area contributed by atoms with Crippen molar-refractivity contribution in [3.63, 3.8) is 0 Å². The molecule has 19 heavy (non-hydrogen) atoms. The first-order valence-corrected chi connectivity index (χ1v) is 7.96. The van der Waals surface area contributed by atoms with E-state index in [0.29, 0.717) is 5.92 Å². The zero-order valence-electron chi connectivity index (χ0n) is 12.3. The van der Waals surface area contributed by atoms with Crippen LogP contribution < -0.4 is 0 Å². The Bertz CT molecular complexity index is 377. The second-order valence-electron chi connectivity index (χ2n) is 6.63. The molecular formula is C18H27N. The summed E-state index contributed by atoms with van der Waals surface area (Å²) in [6, 6.07) is 2.24. The van der Waals surface area contributed by atoms with Gasteiger partial charge in [-0.15, -0.1) is 0 Å². The molecule has 2 aliphatic rings. The fraction of sp³-hybridized carbons (Fsp3) is 0.722. The van der Waals surface area contributed by atoms with Gasteiger partial charge in [0.2, 0.25) is 0 Å². The molecule has 0 aromatic rings. The smallest absolute Gasteiger partial charge is 0.0911 e. The van der Waals surface area contributed by atoms with Crippen LogP contribution >= 0.6 is 0 Å². The van der Waals surface area contributed by atoms with Crippen LogP contribution in [0.4, 0.5) is 0 Å². The van der Waals surface area contributed by atoms with Gasteiger partial charge in [0.15, 0.2) is 0 Å². The van der Waals surface area contributed by atoms with Crippen molar-refractivity contribution in [2.24, 2.45) is 17.8 Å². The van der Waals surface area contributed by atoms with Gasteiger partial charge in [0.05, 0.1) is 6.07 Å². The van der Waals surface area contributed by atoms with Gasteiger partial charge in [-0.05, 0) is 62.7 Å². The summed E-state index contributed by atoms with van der Waals surface area (Å²) in [4.78, 5) is 0. The maximum Gasteiger partial charge on any atom is 0.0911 e. The van der Waals surface area contributed by atoms with Crippen LogP contribution in [-0.2, 0) is 0 Å². The molecule has 0 spiro atoms. The van der Waals surface area contributed by atoms with E-state index in [2.05, 4.69) is 19.6 Å². The summed E-state index contributed by atoms with van der Waals surface area (Å²) in [7, 11) is 0. The number of allylic oxidation sites excluding steroid dienone is 3. The first-order valence-electron chi connectivity index (χ1n) is 7.96. The number of nitrogens with zero attached hydrogens (tertiary/aromatic N) is 1. The Morgan fingerprint density at radius 2 is 1.84 bits per heavy atom. The number of nitriles is 1. The van der Waals surface area contributed by atoms with Gasteiger partial charge in [-0.3, -0.25) is 0 Å². The van der Waals surface area contributed by atoms with Crippen LogP contribution in [0.15, 0.2) is 23.8 Å². The molecule has 1 nitrogen and oxygen atoms in total. The van der Waals surface area contributed by atoms with Crippen molar-refractivity contribution in [3.05, 3.63) is 23.8 Å². The maximum absolute atomic E-state index is 8.93. The Morgan fingerprint density at radius 3 is 2.53 bits per heavy atom. The van der Waals surface area contributed by atoms with Crippen molar-refractivity contribution in [3.8, 4) is 6.07 Å². The van der Waals surface area contributed by atoms with Crippen LogP contribution in [0.1, 0.15) is 64.7 Å². The lowest BCUT2D eigenvalue weighted by molar-refractivity contribution is 0.226. The van der Waals surface area contributed by atoms with E-state index in [1.165, 1.54) is 56.1 Å². The summed E-state index contributed by atoms with van der Waals surface area (Å²) < 4.78 is 0. The minimum Gasteiger partial charge on any atom is -0.193 e. The summed E-state index contributed by atoms with van der Waals surface area (Å²) in [6.45, 7) is 6.76. The topological polar surface area (TPSA) is 23.8 Å². The van der Waals surface area contributed by atoms with E-state index in [-0.39, 0.29) is 0 Å². The van der Waals surface area contributed by atoms with Gasteiger partial charge < -0.3 is 0 Å². The molecule has 104 valence electrons. The molecule has 2 aliphatic carbocycles. The molecule has 0 aromatic carbocycles. The van der Waals surface area contributed by atoms with Crippen LogP contribution in [-0.4, -0.2) is 0 Å². The fourth-order valence-electron chi connectivity index (χ4n) is 3.83. The van der Waals surface area contributed by atoms with Crippen LogP contribution in [0, 0.1) is 29.1 Å². The lowest BCUT2D eigenvalue weighted by Gasteiger charge is -2.35. The van der Waals surface area contributed by atoms with Gasteiger partial charge in [0.1, 0.15) is 0 Å². The molecule has 0 aromatic heterocycles. The van der Waals surface area contributed by atoms with Crippen LogP contribution in [0.2, 0.25) is 0 Å². The standard InChI is InChI=1S/C18H27N/c1-14-7-9-17(10-8-14)18-13-16(11-12-19)6-4-3-5-15(18)2/h11,14,17-18H,2-10,13H2,1H3/b16-11+. The first-order chi connectivity index (χ1) is 9.20. The van der Waals surface area contributed by atoms with Gasteiger partial charge in [-0.2, -0.15) is 5.26 Å². The number of hydrogen-bond donors (Lipinski definition) is 0. The summed E-state index contributed by atoms with van der Waals surface area (Å²) in [5.41, 5.74) is 2.83. The highest BCUT2D eigenvalue weighted by molar-refractivity contribution is 5.19. The normalized spacial score (nSPS) is 35.5. The highest BCUT2D eigenvalue weighted by atomic mass is 14.3. The molecule has 1 unspecified atom stereocenters. The fourth-order valence-corrected chi connectivity index (χ4v) is 3.83. The molecule has 2 saturated carbocycles. The van der Waals surface area contributed by atoms with Gasteiger partial charge in [0, 0.05) is 6.08 Å². The molecule has 0 N–H and O–H groups in total. The zero-order valence-corrected chi connectivity index (χ0v) is 12.3. The summed E-state index contributed by atoms with van der Waals surface area (Å²) in [6.07, 6.45) is 13.2. The molecule has 2 rings (SSSR count). The average molecular weight is 257 g/mol. The van der Waals surface area contributed by atoms with Gasteiger partial charge in [-0.25, -0.2) is 0 Å². The lowest BCUT2D eigenvalue weighted by Crippen LogP contribution is -2.23. The molecular weight excluding hydrogens is 230 g/mol. The molecule has 0 aliphatic heterocycles. The van der Waals surface area contributed by atoms with Crippen molar-refractivity contribution >= 4 is 0 Å². The molecule has 2 fully saturated rings. The molecule has 0 saturated heterocycles. The lowest BCUT2D eigenvalue weighted by atomic mass is 9.70. The number of hydrogen-bond acceptors (Lipinski definition) is 1. The van der Waals surface area contributed by atoms with Crippen molar-refractivity contribution in [1.82, 2.24) is 0 Å². The van der Waals surface area contributed by atoms with Crippen LogP contribution in [0.3, 0.4) is 0 Å². The van der Waals surface area contributed by atoms with Crippen molar-refractivity contribution in [2.75, 3.05) is 0 Å². The van der Waals surface area contributed by atoms with E-state index >= 15 is 0 Å².